The lowest BCUT2D eigenvalue weighted by Crippen LogP contribution is -2.32. The lowest BCUT2D eigenvalue weighted by Gasteiger charge is -2.35. The van der Waals surface area contributed by atoms with Crippen molar-refractivity contribution in [1.82, 2.24) is 4.98 Å². The van der Waals surface area contributed by atoms with E-state index in [4.69, 9.17) is 4.74 Å². The fourth-order valence-corrected chi connectivity index (χ4v) is 7.42. The second-order valence-electron chi connectivity index (χ2n) is 15.3. The van der Waals surface area contributed by atoms with Crippen LogP contribution in [0.25, 0.3) is 11.6 Å². The van der Waals surface area contributed by atoms with Gasteiger partial charge in [0.15, 0.2) is 5.78 Å². The van der Waals surface area contributed by atoms with Crippen LogP contribution in [-0.2, 0) is 4.74 Å². The quantitative estimate of drug-likeness (QED) is 0.166. The molecule has 0 bridgehead atoms. The lowest BCUT2D eigenvalue weighted by molar-refractivity contribution is 0.0105. The van der Waals surface area contributed by atoms with Crippen LogP contribution >= 0.6 is 0 Å². The van der Waals surface area contributed by atoms with Crippen LogP contribution in [0.15, 0.2) is 103 Å². The van der Waals surface area contributed by atoms with Gasteiger partial charge in [0.2, 0.25) is 0 Å². The van der Waals surface area contributed by atoms with E-state index < -0.39 is 0 Å². The first-order valence-electron chi connectivity index (χ1n) is 20.2. The number of carbonyl (C=O) groups is 3. The first-order valence-corrected chi connectivity index (χ1v) is 20.2. The maximum Gasteiger partial charge on any atom is 0.258 e. The molecule has 0 spiro atoms. The molecule has 302 valence electrons. The molecule has 1 saturated heterocycles. The summed E-state index contributed by atoms with van der Waals surface area (Å²) in [5.74, 6) is -0.466. The average Bonchev–Trinajstić information content (AvgIpc) is 3.42. The number of nitrogens with zero attached hydrogens (tertiary/aromatic N) is 2. The SMILES string of the molecule is CC(=O)c1ccc(C2=Cc3ccccc3N(C(=O)c3ccc(NC(=O)c4cc(C)cnc4C)cc3)CC2)c(C)c1.CCC1(CC)CCOCC1.Cc1cccc(F)c1. The number of ether oxygens (including phenoxy) is 1. The molecule has 0 unspecified atom stereocenters. The molecule has 7 nitrogen and oxygen atoms in total. The van der Waals surface area contributed by atoms with E-state index in [0.717, 1.165) is 52.3 Å². The highest BCUT2D eigenvalue weighted by Crippen LogP contribution is 2.37. The van der Waals surface area contributed by atoms with E-state index >= 15 is 0 Å². The van der Waals surface area contributed by atoms with Gasteiger partial charge in [0.1, 0.15) is 5.82 Å². The number of rotatable bonds is 7. The summed E-state index contributed by atoms with van der Waals surface area (Å²) in [5.41, 5.74) is 10.6. The molecule has 1 aromatic heterocycles. The number of para-hydroxylation sites is 1. The van der Waals surface area contributed by atoms with Gasteiger partial charge < -0.3 is 15.0 Å². The molecule has 5 aromatic rings. The van der Waals surface area contributed by atoms with Crippen molar-refractivity contribution in [1.29, 1.82) is 0 Å². The summed E-state index contributed by atoms with van der Waals surface area (Å²) in [4.78, 5) is 44.5. The molecule has 1 fully saturated rings. The molecule has 2 amide bonds. The van der Waals surface area contributed by atoms with E-state index in [-0.39, 0.29) is 23.4 Å². The largest absolute Gasteiger partial charge is 0.381 e. The molecule has 0 saturated carbocycles. The van der Waals surface area contributed by atoms with Crippen molar-refractivity contribution in [2.45, 2.75) is 80.6 Å². The van der Waals surface area contributed by atoms with E-state index in [1.807, 2.05) is 80.3 Å². The third-order valence-electron chi connectivity index (χ3n) is 11.3. The zero-order valence-electron chi connectivity index (χ0n) is 35.0. The number of hydrogen-bond acceptors (Lipinski definition) is 5. The van der Waals surface area contributed by atoms with Crippen molar-refractivity contribution in [2.75, 3.05) is 30.0 Å². The normalized spacial score (nSPS) is 14.3. The Morgan fingerprint density at radius 3 is 2.10 bits per heavy atom. The zero-order valence-corrected chi connectivity index (χ0v) is 35.0. The number of anilines is 2. The monoisotopic (exact) mass is 781 g/mol. The van der Waals surface area contributed by atoms with Gasteiger partial charge in [0.05, 0.1) is 11.3 Å². The Labute approximate surface area is 343 Å². The molecule has 2 aliphatic rings. The summed E-state index contributed by atoms with van der Waals surface area (Å²) in [5, 5.41) is 2.90. The standard InChI is InChI=1S/C34H31N3O3.C9H18O.C7H7F/c1-21-17-31(23(3)35-20-21)33(39)36-29-12-9-25(10-13-29)34(40)37-16-15-27(19-28-7-5-6-8-32(28)37)30-14-11-26(24(4)38)18-22(30)2;1-3-9(4-2)5-7-10-8-6-9;1-6-3-2-4-7(8)5-6/h5-14,17-20H,15-16H2,1-4H3,(H,36,39);3-8H2,1-2H3;2-5H,1H3. The topological polar surface area (TPSA) is 88.6 Å². The molecule has 0 atom stereocenters. The Bertz CT molecular complexity index is 2230. The second-order valence-corrected chi connectivity index (χ2v) is 15.3. The van der Waals surface area contributed by atoms with E-state index in [9.17, 15) is 18.8 Å². The summed E-state index contributed by atoms with van der Waals surface area (Å²) >= 11 is 0. The molecule has 58 heavy (non-hydrogen) atoms. The Hall–Kier alpha value is -5.73. The Kier molecular flexibility index (Phi) is 15.0. The summed E-state index contributed by atoms with van der Waals surface area (Å²) in [7, 11) is 0. The van der Waals surface area contributed by atoms with Crippen LogP contribution < -0.4 is 10.2 Å². The number of benzene rings is 4. The molecular formula is C50H56FN3O4. The van der Waals surface area contributed by atoms with Crippen LogP contribution in [0.3, 0.4) is 0 Å². The molecule has 0 radical (unpaired) electrons. The predicted octanol–water partition coefficient (Wildman–Crippen LogP) is 11.8. The molecule has 7 rings (SSSR count). The van der Waals surface area contributed by atoms with Gasteiger partial charge >= 0.3 is 0 Å². The summed E-state index contributed by atoms with van der Waals surface area (Å²) in [6, 6.07) is 29.0. The highest BCUT2D eigenvalue weighted by Gasteiger charge is 2.28. The fourth-order valence-electron chi connectivity index (χ4n) is 7.42. The van der Waals surface area contributed by atoms with Crippen molar-refractivity contribution >= 4 is 40.6 Å². The van der Waals surface area contributed by atoms with Crippen LogP contribution in [0.4, 0.5) is 15.8 Å². The zero-order chi connectivity index (χ0) is 41.8. The molecule has 1 N–H and O–H groups in total. The highest BCUT2D eigenvalue weighted by molar-refractivity contribution is 6.09. The number of nitrogens with one attached hydrogen (secondary N) is 1. The number of pyridine rings is 1. The van der Waals surface area contributed by atoms with Crippen molar-refractivity contribution in [3.63, 3.8) is 0 Å². The lowest BCUT2D eigenvalue weighted by atomic mass is 9.76. The summed E-state index contributed by atoms with van der Waals surface area (Å²) in [6.45, 7) is 16.2. The number of ketones is 1. The third kappa shape index (κ3) is 11.2. The average molecular weight is 782 g/mol. The van der Waals surface area contributed by atoms with Crippen LogP contribution in [0.5, 0.6) is 0 Å². The van der Waals surface area contributed by atoms with Crippen molar-refractivity contribution < 1.29 is 23.5 Å². The number of aryl methyl sites for hydroxylation is 4. The van der Waals surface area contributed by atoms with E-state index in [0.29, 0.717) is 46.5 Å². The van der Waals surface area contributed by atoms with Crippen molar-refractivity contribution in [2.24, 2.45) is 5.41 Å². The van der Waals surface area contributed by atoms with Gasteiger partial charge in [-0.3, -0.25) is 19.4 Å². The Morgan fingerprint density at radius 1 is 0.810 bits per heavy atom. The van der Waals surface area contributed by atoms with E-state index in [1.54, 1.807) is 50.4 Å². The second kappa shape index (κ2) is 20.1. The molecule has 4 aromatic carbocycles. The maximum absolute atomic E-state index is 13.8. The van der Waals surface area contributed by atoms with Crippen molar-refractivity contribution in [3.05, 3.63) is 159 Å². The van der Waals surface area contributed by atoms with Gasteiger partial charge in [-0.05, 0) is 153 Å². The summed E-state index contributed by atoms with van der Waals surface area (Å²) < 4.78 is 17.5. The van der Waals surface area contributed by atoms with Gasteiger partial charge in [-0.25, -0.2) is 4.39 Å². The smallest absolute Gasteiger partial charge is 0.258 e. The van der Waals surface area contributed by atoms with Crippen molar-refractivity contribution in [3.8, 4) is 0 Å². The molecule has 0 aliphatic carbocycles. The molecule has 8 heteroatoms. The number of carbonyl (C=O) groups excluding carboxylic acids is 3. The first-order chi connectivity index (χ1) is 27.8. The third-order valence-corrected chi connectivity index (χ3v) is 11.3. The van der Waals surface area contributed by atoms with Crippen LogP contribution in [0.2, 0.25) is 0 Å². The number of Topliss-reactive ketones (excluding diaryl/α,β-unsaturated/α-hetero) is 1. The minimum Gasteiger partial charge on any atom is -0.381 e. The Morgan fingerprint density at radius 2 is 1.50 bits per heavy atom. The Balaban J connectivity index is 0.000000291. The van der Waals surface area contributed by atoms with E-state index in [2.05, 4.69) is 30.2 Å². The number of amides is 2. The number of hydrogen-bond donors (Lipinski definition) is 1. The molecule has 2 aliphatic heterocycles. The van der Waals surface area contributed by atoms with Gasteiger partial charge in [0, 0.05) is 48.5 Å². The van der Waals surface area contributed by atoms with Crippen LogP contribution in [0.1, 0.15) is 117 Å². The summed E-state index contributed by atoms with van der Waals surface area (Å²) in [6.07, 6.45) is 9.74. The van der Waals surface area contributed by atoms with Gasteiger partial charge in [-0.15, -0.1) is 0 Å². The van der Waals surface area contributed by atoms with Gasteiger partial charge in [-0.1, -0.05) is 69.2 Å². The molecular weight excluding hydrogens is 726 g/mol. The van der Waals surface area contributed by atoms with Crippen LogP contribution in [0, 0.1) is 38.9 Å². The predicted molar refractivity (Wildman–Crippen MR) is 234 cm³/mol. The van der Waals surface area contributed by atoms with Gasteiger partial charge in [0.25, 0.3) is 11.8 Å². The first kappa shape index (κ1) is 43.4. The minimum absolute atomic E-state index is 0.0412. The number of halogens is 1. The fraction of sp³-hybridized carbons (Fsp3) is 0.320. The highest BCUT2D eigenvalue weighted by atomic mass is 19.1. The minimum atomic E-state index is -0.237. The van der Waals surface area contributed by atoms with E-state index in [1.165, 1.54) is 37.8 Å². The number of fused-ring (bicyclic) bond motifs is 1. The van der Waals surface area contributed by atoms with Crippen LogP contribution in [-0.4, -0.2) is 42.3 Å². The molecule has 3 heterocycles. The maximum atomic E-state index is 13.8. The van der Waals surface area contributed by atoms with Gasteiger partial charge in [-0.2, -0.15) is 0 Å². The number of aromatic nitrogens is 1.